The number of hydrogen-bond acceptors (Lipinski definition) is 5. The molecule has 1 aliphatic rings. The molecule has 1 aliphatic heterocycles. The van der Waals surface area contributed by atoms with Crippen molar-refractivity contribution in [3.05, 3.63) is 41.8 Å². The largest absolute Gasteiger partial charge is 0.408 e. The van der Waals surface area contributed by atoms with E-state index in [-0.39, 0.29) is 17.7 Å². The first kappa shape index (κ1) is 17.5. The number of nitrogens with zero attached hydrogens (tertiary/aromatic N) is 4. The van der Waals surface area contributed by atoms with Crippen LogP contribution in [0.2, 0.25) is 0 Å². The van der Waals surface area contributed by atoms with Crippen LogP contribution in [0.4, 0.5) is 6.01 Å². The lowest BCUT2D eigenvalue weighted by atomic mass is 9.99. The molecule has 0 radical (unpaired) electrons. The predicted octanol–water partition coefficient (Wildman–Crippen LogP) is 2.72. The van der Waals surface area contributed by atoms with Crippen LogP contribution in [0.5, 0.6) is 0 Å². The maximum Gasteiger partial charge on any atom is 0.318 e. The zero-order valence-electron chi connectivity index (χ0n) is 15.2. The molecule has 1 amide bonds. The molecular formula is C19H26N4O2. The first-order chi connectivity index (χ1) is 12.0. The number of anilines is 1. The summed E-state index contributed by atoms with van der Waals surface area (Å²) in [7, 11) is 0. The van der Waals surface area contributed by atoms with Gasteiger partial charge in [-0.1, -0.05) is 56.2 Å². The van der Waals surface area contributed by atoms with Gasteiger partial charge in [0.15, 0.2) is 0 Å². The maximum absolute atomic E-state index is 12.7. The summed E-state index contributed by atoms with van der Waals surface area (Å²) >= 11 is 0. The average molecular weight is 342 g/mol. The second-order valence-electron chi connectivity index (χ2n) is 6.98. The molecule has 0 bridgehead atoms. The standard InChI is InChI=1S/C19H26N4O2/c1-14(2)17-20-21-19(25-17)23-11-9-22(10-12-23)18(24)15(3)13-16-7-5-4-6-8-16/h4-8,14-15H,9-13H2,1-3H3. The van der Waals surface area contributed by atoms with Crippen LogP contribution in [0, 0.1) is 5.92 Å². The minimum atomic E-state index is -0.00935. The Bertz CT molecular complexity index is 690. The van der Waals surface area contributed by atoms with Crippen molar-refractivity contribution >= 4 is 11.9 Å². The Morgan fingerprint density at radius 2 is 1.76 bits per heavy atom. The fourth-order valence-electron chi connectivity index (χ4n) is 3.07. The minimum absolute atomic E-state index is 0.00935. The molecule has 0 N–H and O–H groups in total. The number of benzene rings is 1. The van der Waals surface area contributed by atoms with Gasteiger partial charge < -0.3 is 14.2 Å². The number of amides is 1. The summed E-state index contributed by atoms with van der Waals surface area (Å²) in [5, 5.41) is 8.21. The van der Waals surface area contributed by atoms with Crippen LogP contribution in [-0.4, -0.2) is 47.2 Å². The third-order valence-corrected chi connectivity index (χ3v) is 4.59. The van der Waals surface area contributed by atoms with E-state index in [1.807, 2.05) is 43.9 Å². The Kier molecular flexibility index (Phi) is 5.36. The molecule has 25 heavy (non-hydrogen) atoms. The lowest BCUT2D eigenvalue weighted by molar-refractivity contribution is -0.135. The fraction of sp³-hybridized carbons (Fsp3) is 0.526. The highest BCUT2D eigenvalue weighted by Crippen LogP contribution is 2.20. The first-order valence-electron chi connectivity index (χ1n) is 8.95. The van der Waals surface area contributed by atoms with E-state index in [4.69, 9.17) is 4.42 Å². The molecule has 2 aromatic rings. The Hall–Kier alpha value is -2.37. The van der Waals surface area contributed by atoms with Gasteiger partial charge in [0, 0.05) is 38.0 Å². The maximum atomic E-state index is 12.7. The molecule has 0 saturated carbocycles. The van der Waals surface area contributed by atoms with Gasteiger partial charge in [-0.3, -0.25) is 4.79 Å². The van der Waals surface area contributed by atoms with E-state index in [1.54, 1.807) is 0 Å². The third-order valence-electron chi connectivity index (χ3n) is 4.59. The fourth-order valence-corrected chi connectivity index (χ4v) is 3.07. The molecule has 6 heteroatoms. The normalized spacial score (nSPS) is 16.3. The Morgan fingerprint density at radius 3 is 2.36 bits per heavy atom. The van der Waals surface area contributed by atoms with Crippen LogP contribution in [0.1, 0.15) is 38.1 Å². The molecular weight excluding hydrogens is 316 g/mol. The Morgan fingerprint density at radius 1 is 1.08 bits per heavy atom. The lowest BCUT2D eigenvalue weighted by Gasteiger charge is -2.35. The van der Waals surface area contributed by atoms with E-state index in [1.165, 1.54) is 5.56 Å². The number of hydrogen-bond donors (Lipinski definition) is 0. The van der Waals surface area contributed by atoms with Crippen LogP contribution in [-0.2, 0) is 11.2 Å². The molecule has 1 fully saturated rings. The van der Waals surface area contributed by atoms with Crippen LogP contribution in [0.3, 0.4) is 0 Å². The number of carbonyl (C=O) groups excluding carboxylic acids is 1. The molecule has 2 heterocycles. The van der Waals surface area contributed by atoms with Crippen LogP contribution in [0.25, 0.3) is 0 Å². The summed E-state index contributed by atoms with van der Waals surface area (Å²) in [5.74, 6) is 1.09. The number of aromatic nitrogens is 2. The molecule has 0 aliphatic carbocycles. The van der Waals surface area contributed by atoms with Crippen molar-refractivity contribution in [1.29, 1.82) is 0 Å². The summed E-state index contributed by atoms with van der Waals surface area (Å²) < 4.78 is 5.71. The monoisotopic (exact) mass is 342 g/mol. The number of piperazine rings is 1. The molecule has 3 rings (SSSR count). The summed E-state index contributed by atoms with van der Waals surface area (Å²) in [5.41, 5.74) is 1.20. The Labute approximate surface area is 148 Å². The number of carbonyl (C=O) groups is 1. The SMILES string of the molecule is CC(Cc1ccccc1)C(=O)N1CCN(c2nnc(C(C)C)o2)CC1. The topological polar surface area (TPSA) is 62.5 Å². The van der Waals surface area contributed by atoms with Gasteiger partial charge in [0.1, 0.15) is 0 Å². The van der Waals surface area contributed by atoms with E-state index in [0.717, 1.165) is 19.5 Å². The van der Waals surface area contributed by atoms with E-state index in [0.29, 0.717) is 25.0 Å². The average Bonchev–Trinajstić information content (AvgIpc) is 3.12. The van der Waals surface area contributed by atoms with Gasteiger partial charge in [-0.25, -0.2) is 0 Å². The van der Waals surface area contributed by atoms with Crippen molar-refractivity contribution in [3.8, 4) is 0 Å². The summed E-state index contributed by atoms with van der Waals surface area (Å²) in [6.45, 7) is 8.90. The second kappa shape index (κ2) is 7.68. The van der Waals surface area contributed by atoms with E-state index < -0.39 is 0 Å². The van der Waals surface area contributed by atoms with E-state index >= 15 is 0 Å². The minimum Gasteiger partial charge on any atom is -0.408 e. The highest BCUT2D eigenvalue weighted by atomic mass is 16.4. The molecule has 134 valence electrons. The summed E-state index contributed by atoms with van der Waals surface area (Å²) in [6.07, 6.45) is 0.779. The van der Waals surface area contributed by atoms with Crippen molar-refractivity contribution in [3.63, 3.8) is 0 Å². The van der Waals surface area contributed by atoms with Crippen molar-refractivity contribution < 1.29 is 9.21 Å². The third kappa shape index (κ3) is 4.18. The number of rotatable bonds is 5. The van der Waals surface area contributed by atoms with Crippen LogP contribution < -0.4 is 4.90 Å². The van der Waals surface area contributed by atoms with E-state index in [9.17, 15) is 4.79 Å². The predicted molar refractivity (Wildman–Crippen MR) is 96.5 cm³/mol. The lowest BCUT2D eigenvalue weighted by Crippen LogP contribution is -2.50. The van der Waals surface area contributed by atoms with Gasteiger partial charge in [-0.15, -0.1) is 5.10 Å². The van der Waals surface area contributed by atoms with Crippen molar-refractivity contribution in [2.24, 2.45) is 5.92 Å². The molecule has 1 aromatic heterocycles. The molecule has 0 spiro atoms. The van der Waals surface area contributed by atoms with Crippen molar-refractivity contribution in [1.82, 2.24) is 15.1 Å². The van der Waals surface area contributed by atoms with E-state index in [2.05, 4.69) is 27.2 Å². The van der Waals surface area contributed by atoms with Crippen LogP contribution in [0.15, 0.2) is 34.7 Å². The first-order valence-corrected chi connectivity index (χ1v) is 8.95. The van der Waals surface area contributed by atoms with Crippen molar-refractivity contribution in [2.45, 2.75) is 33.1 Å². The molecule has 1 saturated heterocycles. The molecule has 6 nitrogen and oxygen atoms in total. The van der Waals surface area contributed by atoms with Gasteiger partial charge >= 0.3 is 6.01 Å². The molecule has 1 aromatic carbocycles. The molecule has 1 atom stereocenters. The van der Waals surface area contributed by atoms with Gasteiger partial charge in [-0.05, 0) is 12.0 Å². The second-order valence-corrected chi connectivity index (χ2v) is 6.98. The zero-order valence-corrected chi connectivity index (χ0v) is 15.2. The quantitative estimate of drug-likeness (QED) is 0.836. The smallest absolute Gasteiger partial charge is 0.318 e. The summed E-state index contributed by atoms with van der Waals surface area (Å²) in [4.78, 5) is 16.7. The van der Waals surface area contributed by atoms with Gasteiger partial charge in [0.25, 0.3) is 0 Å². The van der Waals surface area contributed by atoms with Crippen LogP contribution >= 0.6 is 0 Å². The van der Waals surface area contributed by atoms with Crippen molar-refractivity contribution in [2.75, 3.05) is 31.1 Å². The molecule has 1 unspecified atom stereocenters. The Balaban J connectivity index is 1.53. The highest BCUT2D eigenvalue weighted by molar-refractivity contribution is 5.79. The highest BCUT2D eigenvalue weighted by Gasteiger charge is 2.27. The zero-order chi connectivity index (χ0) is 17.8. The summed E-state index contributed by atoms with van der Waals surface area (Å²) in [6, 6.07) is 10.7. The van der Waals surface area contributed by atoms with Gasteiger partial charge in [0.05, 0.1) is 0 Å². The van der Waals surface area contributed by atoms with Gasteiger partial charge in [0.2, 0.25) is 11.8 Å². The van der Waals surface area contributed by atoms with Gasteiger partial charge in [-0.2, -0.15) is 0 Å².